The molecule has 4 rings (SSSR count). The summed E-state index contributed by atoms with van der Waals surface area (Å²) in [5, 5.41) is 20.3. The zero-order valence-corrected chi connectivity index (χ0v) is 18.1. The van der Waals surface area contributed by atoms with Crippen molar-refractivity contribution in [3.8, 4) is 6.07 Å². The molecule has 0 aliphatic heterocycles. The monoisotopic (exact) mass is 465 g/mol. The molecule has 0 fully saturated rings. The molecule has 0 aromatic carbocycles. The minimum absolute atomic E-state index is 0.186. The van der Waals surface area contributed by atoms with E-state index in [1.165, 1.54) is 21.8 Å². The number of pyridine rings is 1. The van der Waals surface area contributed by atoms with E-state index in [2.05, 4.69) is 21.6 Å². The van der Waals surface area contributed by atoms with E-state index < -0.39 is 17.0 Å². The fourth-order valence-electron chi connectivity index (χ4n) is 3.49. The second-order valence-corrected chi connectivity index (χ2v) is 9.67. The Hall–Kier alpha value is -2.58. The van der Waals surface area contributed by atoms with Crippen molar-refractivity contribution in [2.75, 3.05) is 5.32 Å². The third kappa shape index (κ3) is 4.41. The standard InChI is InChI=1S/C20H18F3N5OS2/c1-11(30-19-27-26-16-8-7-12(10-28(16)19)20(21,22)23)17(29)25-18-14(9-24)13-5-3-2-4-6-15(13)31-18/h7-8,10-11H,2-6H2,1H3,(H,25,29). The average molecular weight is 466 g/mol. The van der Waals surface area contributed by atoms with Crippen LogP contribution >= 0.6 is 23.1 Å². The Labute approximate surface area is 184 Å². The Bertz CT molecular complexity index is 1180. The summed E-state index contributed by atoms with van der Waals surface area (Å²) >= 11 is 2.45. The number of hydrogen-bond donors (Lipinski definition) is 1. The van der Waals surface area contributed by atoms with Gasteiger partial charge in [0.15, 0.2) is 10.8 Å². The van der Waals surface area contributed by atoms with Crippen molar-refractivity contribution in [2.45, 2.75) is 55.6 Å². The molecule has 1 atom stereocenters. The molecule has 3 heterocycles. The highest BCUT2D eigenvalue weighted by Gasteiger charge is 2.31. The summed E-state index contributed by atoms with van der Waals surface area (Å²) in [6, 6.07) is 4.40. The molecule has 1 N–H and O–H groups in total. The normalized spacial score (nSPS) is 15.2. The van der Waals surface area contributed by atoms with Gasteiger partial charge in [0.05, 0.1) is 16.4 Å². The van der Waals surface area contributed by atoms with Gasteiger partial charge < -0.3 is 5.32 Å². The van der Waals surface area contributed by atoms with Crippen LogP contribution in [-0.2, 0) is 23.8 Å². The molecule has 162 valence electrons. The summed E-state index contributed by atoms with van der Waals surface area (Å²) in [6.45, 7) is 1.64. The van der Waals surface area contributed by atoms with E-state index in [9.17, 15) is 23.2 Å². The molecule has 1 unspecified atom stereocenters. The largest absolute Gasteiger partial charge is 0.417 e. The minimum atomic E-state index is -4.49. The van der Waals surface area contributed by atoms with Crippen LogP contribution in [-0.4, -0.2) is 25.8 Å². The SMILES string of the molecule is CC(Sc1nnc2ccc(C(F)(F)F)cn12)C(=O)Nc1sc2c(c1C#N)CCCCC2. The summed E-state index contributed by atoms with van der Waals surface area (Å²) in [5.41, 5.74) is 0.994. The van der Waals surface area contributed by atoms with E-state index >= 15 is 0 Å². The molecule has 0 saturated heterocycles. The van der Waals surface area contributed by atoms with Gasteiger partial charge in [-0.15, -0.1) is 21.5 Å². The lowest BCUT2D eigenvalue weighted by atomic mass is 10.1. The van der Waals surface area contributed by atoms with Crippen molar-refractivity contribution in [1.82, 2.24) is 14.6 Å². The van der Waals surface area contributed by atoms with Crippen molar-refractivity contribution in [2.24, 2.45) is 0 Å². The molecule has 3 aromatic rings. The van der Waals surface area contributed by atoms with Gasteiger partial charge in [0.25, 0.3) is 0 Å². The van der Waals surface area contributed by atoms with E-state index in [1.807, 2.05) is 0 Å². The van der Waals surface area contributed by atoms with Crippen LogP contribution in [0.5, 0.6) is 0 Å². The highest BCUT2D eigenvalue weighted by Crippen LogP contribution is 2.37. The molecular formula is C20H18F3N5OS2. The fourth-order valence-corrected chi connectivity index (χ4v) is 5.56. The van der Waals surface area contributed by atoms with Gasteiger partial charge in [-0.25, -0.2) is 0 Å². The van der Waals surface area contributed by atoms with E-state index in [0.29, 0.717) is 10.6 Å². The Balaban J connectivity index is 1.53. The second-order valence-electron chi connectivity index (χ2n) is 7.26. The third-order valence-corrected chi connectivity index (χ3v) is 7.38. The average Bonchev–Trinajstić information content (AvgIpc) is 3.18. The molecule has 11 heteroatoms. The molecule has 31 heavy (non-hydrogen) atoms. The number of carbonyl (C=O) groups excluding carboxylic acids is 1. The highest BCUT2D eigenvalue weighted by molar-refractivity contribution is 8.00. The number of aromatic nitrogens is 3. The number of carbonyl (C=O) groups is 1. The van der Waals surface area contributed by atoms with Crippen molar-refractivity contribution in [3.63, 3.8) is 0 Å². The topological polar surface area (TPSA) is 83.1 Å². The van der Waals surface area contributed by atoms with Crippen molar-refractivity contribution in [1.29, 1.82) is 5.26 Å². The van der Waals surface area contributed by atoms with Crippen LogP contribution in [0.1, 0.15) is 47.8 Å². The zero-order chi connectivity index (χ0) is 22.2. The Morgan fingerprint density at radius 3 is 2.81 bits per heavy atom. The first-order valence-corrected chi connectivity index (χ1v) is 11.4. The number of alkyl halides is 3. The van der Waals surface area contributed by atoms with Gasteiger partial charge in [-0.05, 0) is 50.3 Å². The number of thiophene rings is 1. The molecule has 1 amide bonds. The molecule has 1 aliphatic rings. The highest BCUT2D eigenvalue weighted by atomic mass is 32.2. The summed E-state index contributed by atoms with van der Waals surface area (Å²) in [7, 11) is 0. The number of nitrogens with zero attached hydrogens (tertiary/aromatic N) is 4. The number of rotatable bonds is 4. The Kier molecular flexibility index (Phi) is 5.94. The third-order valence-electron chi connectivity index (χ3n) is 5.12. The van der Waals surface area contributed by atoms with E-state index in [4.69, 9.17) is 0 Å². The number of thioether (sulfide) groups is 1. The van der Waals surface area contributed by atoms with Crippen molar-refractivity contribution in [3.05, 3.63) is 39.9 Å². The number of nitrogens with one attached hydrogen (secondary N) is 1. The lowest BCUT2D eigenvalue weighted by Gasteiger charge is -2.11. The van der Waals surface area contributed by atoms with Gasteiger partial charge >= 0.3 is 6.18 Å². The molecule has 0 spiro atoms. The Morgan fingerprint density at radius 1 is 1.29 bits per heavy atom. The predicted octanol–water partition coefficient (Wildman–Crippen LogP) is 5.07. The smallest absolute Gasteiger partial charge is 0.316 e. The number of amides is 1. The van der Waals surface area contributed by atoms with E-state index in [0.717, 1.165) is 66.6 Å². The number of aryl methyl sites for hydroxylation is 1. The van der Waals surface area contributed by atoms with Gasteiger partial charge in [-0.2, -0.15) is 18.4 Å². The van der Waals surface area contributed by atoms with Crippen LogP contribution in [0.2, 0.25) is 0 Å². The first-order chi connectivity index (χ1) is 14.8. The number of hydrogen-bond acceptors (Lipinski definition) is 6. The first-order valence-electron chi connectivity index (χ1n) is 9.72. The molecular weight excluding hydrogens is 447 g/mol. The van der Waals surface area contributed by atoms with Crippen LogP contribution in [0.25, 0.3) is 5.65 Å². The number of fused-ring (bicyclic) bond motifs is 2. The van der Waals surface area contributed by atoms with Crippen molar-refractivity contribution >= 4 is 39.7 Å². The molecule has 0 saturated carbocycles. The first kappa shape index (κ1) is 21.6. The fraction of sp³-hybridized carbons (Fsp3) is 0.400. The van der Waals surface area contributed by atoms with Gasteiger partial charge in [-0.3, -0.25) is 9.20 Å². The van der Waals surface area contributed by atoms with Crippen LogP contribution in [0, 0.1) is 11.3 Å². The summed E-state index contributed by atoms with van der Waals surface area (Å²) in [5.74, 6) is -0.346. The van der Waals surface area contributed by atoms with Crippen LogP contribution in [0.4, 0.5) is 18.2 Å². The number of nitriles is 1. The lowest BCUT2D eigenvalue weighted by Crippen LogP contribution is -2.22. The maximum atomic E-state index is 13.0. The van der Waals surface area contributed by atoms with Gasteiger partial charge in [0.2, 0.25) is 5.91 Å². The lowest BCUT2D eigenvalue weighted by molar-refractivity contribution is -0.137. The van der Waals surface area contributed by atoms with Crippen LogP contribution in [0.3, 0.4) is 0 Å². The zero-order valence-electron chi connectivity index (χ0n) is 16.5. The predicted molar refractivity (Wildman–Crippen MR) is 112 cm³/mol. The number of halogens is 3. The molecule has 6 nitrogen and oxygen atoms in total. The van der Waals surface area contributed by atoms with Crippen LogP contribution in [0.15, 0.2) is 23.5 Å². The maximum Gasteiger partial charge on any atom is 0.417 e. The van der Waals surface area contributed by atoms with Gasteiger partial charge in [0.1, 0.15) is 11.1 Å². The molecule has 0 radical (unpaired) electrons. The molecule has 0 bridgehead atoms. The van der Waals surface area contributed by atoms with E-state index in [1.54, 1.807) is 6.92 Å². The minimum Gasteiger partial charge on any atom is -0.316 e. The Morgan fingerprint density at radius 2 is 2.06 bits per heavy atom. The summed E-state index contributed by atoms with van der Waals surface area (Å²) < 4.78 is 40.3. The van der Waals surface area contributed by atoms with Gasteiger partial charge in [-0.1, -0.05) is 18.2 Å². The molecule has 1 aliphatic carbocycles. The second kappa shape index (κ2) is 8.51. The maximum absolute atomic E-state index is 13.0. The summed E-state index contributed by atoms with van der Waals surface area (Å²) in [4.78, 5) is 13.9. The summed E-state index contributed by atoms with van der Waals surface area (Å²) in [6.07, 6.45) is 1.39. The van der Waals surface area contributed by atoms with E-state index in [-0.39, 0.29) is 16.7 Å². The van der Waals surface area contributed by atoms with Crippen molar-refractivity contribution < 1.29 is 18.0 Å². The van der Waals surface area contributed by atoms with Crippen LogP contribution < -0.4 is 5.32 Å². The quantitative estimate of drug-likeness (QED) is 0.430. The van der Waals surface area contributed by atoms with Gasteiger partial charge in [0, 0.05) is 11.1 Å². The molecule has 3 aromatic heterocycles. The number of anilines is 1.